The first-order valence-electron chi connectivity index (χ1n) is 11.1. The minimum absolute atomic E-state index is 0.0421. The maximum atomic E-state index is 15.1. The summed E-state index contributed by atoms with van der Waals surface area (Å²) in [5, 5.41) is 21.3. The fourth-order valence-corrected chi connectivity index (χ4v) is 5.61. The second-order valence-electron chi connectivity index (χ2n) is 8.44. The van der Waals surface area contributed by atoms with Gasteiger partial charge < -0.3 is 14.8 Å². The molecule has 1 amide bonds. The lowest BCUT2D eigenvalue weighted by atomic mass is 10.1. The van der Waals surface area contributed by atoms with Gasteiger partial charge in [0.1, 0.15) is 10.5 Å². The van der Waals surface area contributed by atoms with Crippen LogP contribution in [-0.2, 0) is 11.2 Å². The van der Waals surface area contributed by atoms with Gasteiger partial charge in [-0.05, 0) is 36.1 Å². The Hall–Kier alpha value is -3.90. The molecule has 1 saturated carbocycles. The average molecular weight is 524 g/mol. The molecule has 0 aliphatic heterocycles. The molecule has 0 spiro atoms. The van der Waals surface area contributed by atoms with Crippen molar-refractivity contribution in [3.63, 3.8) is 0 Å². The number of carbonyl (C=O) groups excluding carboxylic acids is 1. The van der Waals surface area contributed by atoms with Crippen molar-refractivity contribution in [3.8, 4) is 17.0 Å². The molecule has 182 valence electrons. The molecule has 36 heavy (non-hydrogen) atoms. The number of hydrogen-bond donors (Lipinski definition) is 3. The van der Waals surface area contributed by atoms with Gasteiger partial charge in [-0.15, -0.1) is 21.5 Å². The molecular formula is C24H18FN5O4S2. The van der Waals surface area contributed by atoms with Gasteiger partial charge in [0.15, 0.2) is 11.9 Å². The largest absolute Gasteiger partial charge is 0.494 e. The molecule has 12 heteroatoms. The average Bonchev–Trinajstić information content (AvgIpc) is 3.33. The van der Waals surface area contributed by atoms with Crippen LogP contribution in [0.2, 0.25) is 0 Å². The van der Waals surface area contributed by atoms with Crippen LogP contribution in [0.15, 0.2) is 51.7 Å². The molecule has 6 rings (SSSR count). The van der Waals surface area contributed by atoms with E-state index in [1.54, 1.807) is 0 Å². The molecule has 1 unspecified atom stereocenters. The van der Waals surface area contributed by atoms with E-state index in [0.717, 1.165) is 35.3 Å². The highest BCUT2D eigenvalue weighted by atomic mass is 32.1. The Morgan fingerprint density at radius 1 is 1.19 bits per heavy atom. The summed E-state index contributed by atoms with van der Waals surface area (Å²) >= 11 is 2.08. The van der Waals surface area contributed by atoms with Crippen LogP contribution in [0.4, 0.5) is 4.39 Å². The van der Waals surface area contributed by atoms with Crippen molar-refractivity contribution in [2.45, 2.75) is 25.3 Å². The Kier molecular flexibility index (Phi) is 5.61. The number of aromatic amines is 1. The number of hydrogen-bond acceptors (Lipinski definition) is 9. The number of carbonyl (C=O) groups is 1. The first-order chi connectivity index (χ1) is 17.4. The van der Waals surface area contributed by atoms with E-state index in [-0.39, 0.29) is 41.4 Å². The quantitative estimate of drug-likeness (QED) is 0.292. The summed E-state index contributed by atoms with van der Waals surface area (Å²) in [4.78, 5) is 30.9. The zero-order valence-electron chi connectivity index (χ0n) is 18.5. The van der Waals surface area contributed by atoms with Crippen LogP contribution in [0.1, 0.15) is 40.5 Å². The smallest absolute Gasteiger partial charge is 0.307 e. The second kappa shape index (κ2) is 8.95. The number of aromatic hydroxyl groups is 1. The number of nitrogens with one attached hydrogen (secondary N) is 2. The van der Waals surface area contributed by atoms with E-state index in [1.165, 1.54) is 17.4 Å². The fourth-order valence-electron chi connectivity index (χ4n) is 3.83. The number of H-pyrrole nitrogens is 1. The number of rotatable bonds is 7. The van der Waals surface area contributed by atoms with Crippen molar-refractivity contribution in [1.29, 1.82) is 0 Å². The van der Waals surface area contributed by atoms with E-state index < -0.39 is 16.7 Å². The van der Waals surface area contributed by atoms with Crippen molar-refractivity contribution in [1.82, 2.24) is 25.5 Å². The van der Waals surface area contributed by atoms with E-state index in [2.05, 4.69) is 25.5 Å². The molecular weight excluding hydrogens is 505 g/mol. The summed E-state index contributed by atoms with van der Waals surface area (Å²) in [7, 11) is 0. The Labute approximate surface area is 210 Å². The SMILES string of the molecule is O=C(NC(c1nnc(Cc2sc(=O)[nH]c2O)o1)c1nc2c(F)cc(-c3ccccc3)cc2s1)C1CC1. The Balaban J connectivity index is 1.37. The molecule has 2 aromatic carbocycles. The molecule has 0 bridgehead atoms. The van der Waals surface area contributed by atoms with Gasteiger partial charge in [-0.2, -0.15) is 0 Å². The van der Waals surface area contributed by atoms with Crippen LogP contribution in [-0.4, -0.2) is 31.2 Å². The molecule has 1 fully saturated rings. The van der Waals surface area contributed by atoms with Crippen molar-refractivity contribution >= 4 is 38.8 Å². The predicted molar refractivity (Wildman–Crippen MR) is 131 cm³/mol. The van der Waals surface area contributed by atoms with Crippen LogP contribution in [0.5, 0.6) is 5.88 Å². The molecule has 3 aromatic heterocycles. The highest BCUT2D eigenvalue weighted by Gasteiger charge is 2.34. The van der Waals surface area contributed by atoms with Crippen LogP contribution < -0.4 is 10.2 Å². The summed E-state index contributed by atoms with van der Waals surface area (Å²) in [6, 6.07) is 11.9. The number of aromatic nitrogens is 4. The van der Waals surface area contributed by atoms with E-state index >= 15 is 4.39 Å². The zero-order chi connectivity index (χ0) is 24.8. The van der Waals surface area contributed by atoms with E-state index in [9.17, 15) is 14.7 Å². The highest BCUT2D eigenvalue weighted by Crippen LogP contribution is 2.36. The summed E-state index contributed by atoms with van der Waals surface area (Å²) < 4.78 is 21.5. The topological polar surface area (TPSA) is 134 Å². The molecule has 0 saturated heterocycles. The molecule has 1 aliphatic rings. The van der Waals surface area contributed by atoms with Crippen molar-refractivity contribution in [2.24, 2.45) is 5.92 Å². The summed E-state index contributed by atoms with van der Waals surface area (Å²) in [5.74, 6) is -0.723. The standard InChI is InChI=1S/C24H18FN5O4S2/c25-14-8-13(11-4-2-1-3-5-11)9-15-18(14)27-23(35-15)19(26-20(31)12-6-7-12)22-30-29-17(34-22)10-16-21(32)28-24(33)36-16/h1-5,8-9,12,19,32H,6-7,10H2,(H,26,31)(H,28,33). The van der Waals surface area contributed by atoms with Gasteiger partial charge in [0, 0.05) is 5.92 Å². The molecule has 3 heterocycles. The third-order valence-electron chi connectivity index (χ3n) is 5.80. The number of nitrogens with zero attached hydrogens (tertiary/aromatic N) is 3. The highest BCUT2D eigenvalue weighted by molar-refractivity contribution is 7.18. The van der Waals surface area contributed by atoms with E-state index in [0.29, 0.717) is 14.6 Å². The third kappa shape index (κ3) is 4.40. The molecule has 0 radical (unpaired) electrons. The first kappa shape index (κ1) is 22.6. The van der Waals surface area contributed by atoms with Crippen LogP contribution in [0.3, 0.4) is 0 Å². The maximum Gasteiger partial charge on any atom is 0.307 e. The van der Waals surface area contributed by atoms with E-state index in [1.807, 2.05) is 36.4 Å². The Morgan fingerprint density at radius 2 is 2.00 bits per heavy atom. The lowest BCUT2D eigenvalue weighted by Crippen LogP contribution is -2.30. The Morgan fingerprint density at radius 3 is 2.72 bits per heavy atom. The van der Waals surface area contributed by atoms with Gasteiger partial charge in [-0.25, -0.2) is 9.37 Å². The molecule has 1 aliphatic carbocycles. The number of thiazole rings is 2. The number of halogens is 1. The monoisotopic (exact) mass is 523 g/mol. The molecule has 3 N–H and O–H groups in total. The van der Waals surface area contributed by atoms with Crippen LogP contribution in [0.25, 0.3) is 21.3 Å². The van der Waals surface area contributed by atoms with Gasteiger partial charge in [0.2, 0.25) is 23.6 Å². The summed E-state index contributed by atoms with van der Waals surface area (Å²) in [5.41, 5.74) is 1.80. The molecule has 1 atom stereocenters. The van der Waals surface area contributed by atoms with Crippen molar-refractivity contribution in [3.05, 3.63) is 79.6 Å². The maximum absolute atomic E-state index is 15.1. The Bertz CT molecular complexity index is 1640. The minimum atomic E-state index is -0.866. The van der Waals surface area contributed by atoms with Gasteiger partial charge >= 0.3 is 4.87 Å². The lowest BCUT2D eigenvalue weighted by Gasteiger charge is -2.12. The van der Waals surface area contributed by atoms with Crippen LogP contribution in [0, 0.1) is 11.7 Å². The number of amides is 1. The molecule has 5 aromatic rings. The van der Waals surface area contributed by atoms with Gasteiger partial charge in [-0.3, -0.25) is 14.6 Å². The second-order valence-corrected chi connectivity index (χ2v) is 10.6. The van der Waals surface area contributed by atoms with Crippen LogP contribution >= 0.6 is 22.7 Å². The van der Waals surface area contributed by atoms with E-state index in [4.69, 9.17) is 4.42 Å². The zero-order valence-corrected chi connectivity index (χ0v) is 20.2. The summed E-state index contributed by atoms with van der Waals surface area (Å²) in [6.45, 7) is 0. The summed E-state index contributed by atoms with van der Waals surface area (Å²) in [6.07, 6.45) is 1.64. The third-order valence-corrected chi connectivity index (χ3v) is 7.73. The fraction of sp³-hybridized carbons (Fsp3) is 0.208. The van der Waals surface area contributed by atoms with Gasteiger partial charge in [0.25, 0.3) is 0 Å². The number of benzene rings is 2. The minimum Gasteiger partial charge on any atom is -0.494 e. The van der Waals surface area contributed by atoms with Crippen molar-refractivity contribution in [2.75, 3.05) is 0 Å². The molecule has 9 nitrogen and oxygen atoms in total. The predicted octanol–water partition coefficient (Wildman–Crippen LogP) is 4.15. The number of fused-ring (bicyclic) bond motifs is 1. The first-order valence-corrected chi connectivity index (χ1v) is 12.8. The van der Waals surface area contributed by atoms with Gasteiger partial charge in [-0.1, -0.05) is 41.7 Å². The van der Waals surface area contributed by atoms with Crippen molar-refractivity contribution < 1.29 is 18.7 Å². The lowest BCUT2D eigenvalue weighted by molar-refractivity contribution is -0.122. The van der Waals surface area contributed by atoms with Gasteiger partial charge in [0.05, 0.1) is 16.0 Å². The normalized spacial score (nSPS) is 14.2.